The minimum atomic E-state index is 0.0501. The molecule has 3 N–H and O–H groups in total. The van der Waals surface area contributed by atoms with Crippen LogP contribution in [0.5, 0.6) is 0 Å². The van der Waals surface area contributed by atoms with Crippen molar-refractivity contribution < 1.29 is 0 Å². The highest BCUT2D eigenvalue weighted by molar-refractivity contribution is 9.11. The Kier molecular flexibility index (Phi) is 4.57. The van der Waals surface area contributed by atoms with Crippen molar-refractivity contribution in [1.82, 2.24) is 5.32 Å². The molecule has 0 saturated heterocycles. The lowest BCUT2D eigenvalue weighted by Crippen LogP contribution is -2.46. The fourth-order valence-electron chi connectivity index (χ4n) is 1.08. The second-order valence-electron chi connectivity index (χ2n) is 3.97. The standard InChI is InChI=1S/C10H17BrN2S/c1-10(2,7-12)13-6-5-8-3-4-9(11)14-8/h3-4,13H,5-7,12H2,1-2H3. The van der Waals surface area contributed by atoms with Gasteiger partial charge in [0.25, 0.3) is 0 Å². The molecule has 0 saturated carbocycles. The maximum absolute atomic E-state index is 5.62. The Morgan fingerprint density at radius 1 is 1.50 bits per heavy atom. The van der Waals surface area contributed by atoms with Crippen LogP contribution in [0.15, 0.2) is 15.9 Å². The van der Waals surface area contributed by atoms with Crippen LogP contribution in [-0.2, 0) is 6.42 Å². The van der Waals surface area contributed by atoms with E-state index in [1.165, 1.54) is 8.66 Å². The van der Waals surface area contributed by atoms with E-state index in [0.29, 0.717) is 6.54 Å². The number of halogens is 1. The van der Waals surface area contributed by atoms with Crippen molar-refractivity contribution in [2.45, 2.75) is 25.8 Å². The molecule has 1 heterocycles. The monoisotopic (exact) mass is 276 g/mol. The van der Waals surface area contributed by atoms with Crippen molar-refractivity contribution in [3.05, 3.63) is 20.8 Å². The zero-order valence-electron chi connectivity index (χ0n) is 8.64. The molecule has 2 nitrogen and oxygen atoms in total. The maximum Gasteiger partial charge on any atom is 0.0701 e. The molecule has 0 amide bonds. The number of nitrogens with one attached hydrogen (secondary N) is 1. The van der Waals surface area contributed by atoms with Crippen LogP contribution in [0.4, 0.5) is 0 Å². The molecular formula is C10H17BrN2S. The van der Waals surface area contributed by atoms with Gasteiger partial charge in [-0.2, -0.15) is 0 Å². The average molecular weight is 277 g/mol. The molecule has 0 radical (unpaired) electrons. The summed E-state index contributed by atoms with van der Waals surface area (Å²) in [6, 6.07) is 4.25. The first-order chi connectivity index (χ1) is 6.53. The van der Waals surface area contributed by atoms with E-state index in [-0.39, 0.29) is 5.54 Å². The van der Waals surface area contributed by atoms with Crippen LogP contribution in [0.2, 0.25) is 0 Å². The van der Waals surface area contributed by atoms with E-state index in [2.05, 4.69) is 47.2 Å². The van der Waals surface area contributed by atoms with Gasteiger partial charge >= 0.3 is 0 Å². The molecule has 0 bridgehead atoms. The third kappa shape index (κ3) is 4.09. The lowest BCUT2D eigenvalue weighted by molar-refractivity contribution is 0.402. The van der Waals surface area contributed by atoms with Crippen LogP contribution >= 0.6 is 27.3 Å². The van der Waals surface area contributed by atoms with Gasteiger partial charge in [0.1, 0.15) is 0 Å². The summed E-state index contributed by atoms with van der Waals surface area (Å²) in [7, 11) is 0. The van der Waals surface area contributed by atoms with Gasteiger partial charge in [-0.25, -0.2) is 0 Å². The van der Waals surface area contributed by atoms with Crippen LogP contribution in [0.3, 0.4) is 0 Å². The quantitative estimate of drug-likeness (QED) is 0.867. The van der Waals surface area contributed by atoms with Crippen molar-refractivity contribution in [2.24, 2.45) is 5.73 Å². The van der Waals surface area contributed by atoms with Gasteiger partial charge in [-0.3, -0.25) is 0 Å². The number of hydrogen-bond donors (Lipinski definition) is 2. The summed E-state index contributed by atoms with van der Waals surface area (Å²) in [4.78, 5) is 1.40. The van der Waals surface area contributed by atoms with Crippen LogP contribution < -0.4 is 11.1 Å². The minimum absolute atomic E-state index is 0.0501. The smallest absolute Gasteiger partial charge is 0.0701 e. The highest BCUT2D eigenvalue weighted by Gasteiger charge is 2.13. The van der Waals surface area contributed by atoms with E-state index >= 15 is 0 Å². The van der Waals surface area contributed by atoms with Gasteiger partial charge in [-0.05, 0) is 48.3 Å². The van der Waals surface area contributed by atoms with Crippen LogP contribution in [0.1, 0.15) is 18.7 Å². The van der Waals surface area contributed by atoms with Crippen LogP contribution in [0, 0.1) is 0 Å². The largest absolute Gasteiger partial charge is 0.329 e. The summed E-state index contributed by atoms with van der Waals surface area (Å²) in [5.41, 5.74) is 5.67. The molecule has 0 aromatic carbocycles. The second-order valence-corrected chi connectivity index (χ2v) is 6.52. The first-order valence-corrected chi connectivity index (χ1v) is 6.34. The zero-order valence-corrected chi connectivity index (χ0v) is 11.0. The van der Waals surface area contributed by atoms with E-state index < -0.39 is 0 Å². The molecule has 80 valence electrons. The molecule has 1 rings (SSSR count). The molecule has 0 aliphatic heterocycles. The highest BCUT2D eigenvalue weighted by Crippen LogP contribution is 2.22. The van der Waals surface area contributed by atoms with Crippen LogP contribution in [-0.4, -0.2) is 18.6 Å². The predicted octanol–water partition coefficient (Wildman–Crippen LogP) is 2.38. The summed E-state index contributed by atoms with van der Waals surface area (Å²) < 4.78 is 1.20. The average Bonchev–Trinajstić information content (AvgIpc) is 2.51. The molecule has 1 aromatic rings. The van der Waals surface area contributed by atoms with E-state index in [1.807, 2.05) is 0 Å². The molecule has 0 unspecified atom stereocenters. The first kappa shape index (κ1) is 12.2. The van der Waals surface area contributed by atoms with E-state index in [9.17, 15) is 0 Å². The maximum atomic E-state index is 5.62. The summed E-state index contributed by atoms with van der Waals surface area (Å²) in [5.74, 6) is 0. The number of nitrogens with two attached hydrogens (primary N) is 1. The van der Waals surface area contributed by atoms with E-state index in [4.69, 9.17) is 5.73 Å². The Labute approximate surface area is 98.0 Å². The lowest BCUT2D eigenvalue weighted by atomic mass is 10.1. The van der Waals surface area contributed by atoms with Gasteiger partial charge in [0, 0.05) is 23.5 Å². The van der Waals surface area contributed by atoms with Gasteiger partial charge in [0.05, 0.1) is 3.79 Å². The molecular weight excluding hydrogens is 260 g/mol. The summed E-state index contributed by atoms with van der Waals surface area (Å²) in [5, 5.41) is 3.43. The SMILES string of the molecule is CC(C)(CN)NCCc1ccc(Br)s1. The van der Waals surface area contributed by atoms with E-state index in [1.54, 1.807) is 11.3 Å². The topological polar surface area (TPSA) is 38.0 Å². The van der Waals surface area contributed by atoms with Gasteiger partial charge < -0.3 is 11.1 Å². The number of rotatable bonds is 5. The third-order valence-corrected chi connectivity index (χ3v) is 3.80. The molecule has 0 spiro atoms. The Bertz CT molecular complexity index is 283. The molecule has 0 atom stereocenters. The Balaban J connectivity index is 2.28. The summed E-state index contributed by atoms with van der Waals surface area (Å²) in [6.45, 7) is 5.90. The second kappa shape index (κ2) is 5.26. The van der Waals surface area contributed by atoms with Gasteiger partial charge in [0.15, 0.2) is 0 Å². The van der Waals surface area contributed by atoms with Crippen molar-refractivity contribution in [1.29, 1.82) is 0 Å². The molecule has 0 fully saturated rings. The normalized spacial score (nSPS) is 12.0. The third-order valence-electron chi connectivity index (χ3n) is 2.11. The fraction of sp³-hybridized carbons (Fsp3) is 0.600. The first-order valence-electron chi connectivity index (χ1n) is 4.73. The van der Waals surface area contributed by atoms with E-state index in [0.717, 1.165) is 13.0 Å². The van der Waals surface area contributed by atoms with Crippen molar-refractivity contribution in [3.63, 3.8) is 0 Å². The van der Waals surface area contributed by atoms with Crippen molar-refractivity contribution in [2.75, 3.05) is 13.1 Å². The molecule has 0 aliphatic rings. The predicted molar refractivity (Wildman–Crippen MR) is 66.9 cm³/mol. The highest BCUT2D eigenvalue weighted by atomic mass is 79.9. The van der Waals surface area contributed by atoms with Gasteiger partial charge in [-0.15, -0.1) is 11.3 Å². The zero-order chi connectivity index (χ0) is 10.6. The lowest BCUT2D eigenvalue weighted by Gasteiger charge is -2.24. The Hall–Kier alpha value is 0.1000. The molecule has 14 heavy (non-hydrogen) atoms. The van der Waals surface area contributed by atoms with Gasteiger partial charge in [-0.1, -0.05) is 0 Å². The molecule has 4 heteroatoms. The van der Waals surface area contributed by atoms with Crippen LogP contribution in [0.25, 0.3) is 0 Å². The summed E-state index contributed by atoms with van der Waals surface area (Å²) >= 11 is 5.25. The fourth-order valence-corrected chi connectivity index (χ4v) is 2.57. The summed E-state index contributed by atoms with van der Waals surface area (Å²) in [6.07, 6.45) is 1.07. The van der Waals surface area contributed by atoms with Gasteiger partial charge in [0.2, 0.25) is 0 Å². The number of hydrogen-bond acceptors (Lipinski definition) is 3. The molecule has 0 aliphatic carbocycles. The Morgan fingerprint density at radius 3 is 2.71 bits per heavy atom. The van der Waals surface area contributed by atoms with Crippen molar-refractivity contribution >= 4 is 27.3 Å². The Morgan fingerprint density at radius 2 is 2.21 bits per heavy atom. The molecule has 1 aromatic heterocycles. The van der Waals surface area contributed by atoms with Crippen molar-refractivity contribution in [3.8, 4) is 0 Å². The number of thiophene rings is 1. The minimum Gasteiger partial charge on any atom is -0.329 e.